The first-order valence-electron chi connectivity index (χ1n) is 10.2. The van der Waals surface area contributed by atoms with Gasteiger partial charge in [0.2, 0.25) is 0 Å². The number of hydrogen-bond donors (Lipinski definition) is 2. The summed E-state index contributed by atoms with van der Waals surface area (Å²) >= 11 is 0. The van der Waals surface area contributed by atoms with Crippen molar-refractivity contribution in [2.75, 3.05) is 44.4 Å². The zero-order valence-electron chi connectivity index (χ0n) is 18.0. The summed E-state index contributed by atoms with van der Waals surface area (Å²) in [5.74, 6) is -0.455. The van der Waals surface area contributed by atoms with Crippen LogP contribution < -0.4 is 15.4 Å². The van der Waals surface area contributed by atoms with Crippen molar-refractivity contribution in [2.24, 2.45) is 0 Å². The maximum atomic E-state index is 12.9. The van der Waals surface area contributed by atoms with Gasteiger partial charge < -0.3 is 14.8 Å². The number of anilines is 1. The van der Waals surface area contributed by atoms with Gasteiger partial charge in [0.1, 0.15) is 5.75 Å². The minimum Gasteiger partial charge on any atom is -0.496 e. The van der Waals surface area contributed by atoms with Gasteiger partial charge in [-0.2, -0.15) is 0 Å². The molecule has 1 aliphatic rings. The zero-order chi connectivity index (χ0) is 22.3. The van der Waals surface area contributed by atoms with Crippen molar-refractivity contribution < 1.29 is 27.5 Å². The average Bonchev–Trinajstić information content (AvgIpc) is 3.19. The summed E-state index contributed by atoms with van der Waals surface area (Å²) in [7, 11) is -2.35. The van der Waals surface area contributed by atoms with Crippen LogP contribution in [0.4, 0.5) is 10.5 Å². The van der Waals surface area contributed by atoms with E-state index in [0.29, 0.717) is 6.54 Å². The quantitative estimate of drug-likeness (QED) is 0.604. The van der Waals surface area contributed by atoms with Gasteiger partial charge in [0.05, 0.1) is 35.6 Å². The number of carbonyl (C=O) groups excluding carboxylic acids is 2. The number of nitrogens with zero attached hydrogens (tertiary/aromatic N) is 1. The van der Waals surface area contributed by atoms with Crippen LogP contribution >= 0.6 is 0 Å². The summed E-state index contributed by atoms with van der Waals surface area (Å²) < 4.78 is 35.4. The Balaban J connectivity index is 2.35. The van der Waals surface area contributed by atoms with Crippen LogP contribution in [0.2, 0.25) is 0 Å². The summed E-state index contributed by atoms with van der Waals surface area (Å²) in [4.78, 5) is 26.9. The number of benzene rings is 1. The number of methoxy groups -OCH3 is 1. The molecule has 30 heavy (non-hydrogen) atoms. The minimum atomic E-state index is -3.73. The molecule has 1 heterocycles. The van der Waals surface area contributed by atoms with Crippen molar-refractivity contribution in [1.82, 2.24) is 10.2 Å². The lowest BCUT2D eigenvalue weighted by Crippen LogP contribution is -2.40. The molecule has 1 fully saturated rings. The number of likely N-dealkylation sites (N-methyl/N-ethyl adjacent to an activating group) is 1. The number of carbonyl (C=O) groups is 2. The molecule has 10 heteroatoms. The highest BCUT2D eigenvalue weighted by atomic mass is 32.2. The second-order valence-electron chi connectivity index (χ2n) is 6.93. The van der Waals surface area contributed by atoms with Gasteiger partial charge in [-0.05, 0) is 38.9 Å². The fourth-order valence-corrected chi connectivity index (χ4v) is 4.60. The lowest BCUT2D eigenvalue weighted by atomic mass is 10.1. The standard InChI is InChI=1S/C20H31N3O6S/c1-5-23-10-8-9-14(23)13-21-19(24)15-11-18(30(26,27)7-3)16(12-17(15)28-4)22-20(25)29-6-2/h11-12,14H,5-10,13H2,1-4H3,(H,21,24)(H,22,25). The zero-order valence-corrected chi connectivity index (χ0v) is 18.8. The number of ether oxygens (including phenoxy) is 2. The summed E-state index contributed by atoms with van der Waals surface area (Å²) in [6.45, 7) is 7.74. The molecule has 0 radical (unpaired) electrons. The third kappa shape index (κ3) is 5.63. The summed E-state index contributed by atoms with van der Waals surface area (Å²) in [6, 6.07) is 2.84. The molecule has 2 amide bonds. The minimum absolute atomic E-state index is 0.0108. The molecule has 9 nitrogen and oxygen atoms in total. The Morgan fingerprint density at radius 3 is 2.57 bits per heavy atom. The van der Waals surface area contributed by atoms with Gasteiger partial charge in [-0.3, -0.25) is 15.0 Å². The Labute approximate surface area is 178 Å². The second-order valence-corrected chi connectivity index (χ2v) is 9.18. The van der Waals surface area contributed by atoms with Crippen molar-refractivity contribution in [3.05, 3.63) is 17.7 Å². The Hall–Kier alpha value is -2.33. The number of likely N-dealkylation sites (tertiary alicyclic amines) is 1. The maximum absolute atomic E-state index is 12.9. The number of hydrogen-bond acceptors (Lipinski definition) is 7. The van der Waals surface area contributed by atoms with Crippen molar-refractivity contribution in [3.8, 4) is 5.75 Å². The van der Waals surface area contributed by atoms with E-state index >= 15 is 0 Å². The van der Waals surface area contributed by atoms with Crippen molar-refractivity contribution in [3.63, 3.8) is 0 Å². The number of nitrogens with one attached hydrogen (secondary N) is 2. The van der Waals surface area contributed by atoms with E-state index in [2.05, 4.69) is 22.5 Å². The average molecular weight is 442 g/mol. The number of amides is 2. The number of sulfone groups is 1. The molecule has 0 aromatic heterocycles. The van der Waals surface area contributed by atoms with Crippen LogP contribution in [0.25, 0.3) is 0 Å². The first kappa shape index (κ1) is 23.9. The van der Waals surface area contributed by atoms with E-state index < -0.39 is 21.8 Å². The molecule has 1 aromatic rings. The van der Waals surface area contributed by atoms with E-state index in [0.717, 1.165) is 25.9 Å². The molecule has 1 aliphatic heterocycles. The molecule has 0 bridgehead atoms. The third-order valence-electron chi connectivity index (χ3n) is 5.18. The van der Waals surface area contributed by atoms with Crippen molar-refractivity contribution in [1.29, 1.82) is 0 Å². The third-order valence-corrected chi connectivity index (χ3v) is 6.95. The second kappa shape index (κ2) is 10.6. The monoisotopic (exact) mass is 441 g/mol. The molecule has 2 rings (SSSR count). The molecule has 168 valence electrons. The van der Waals surface area contributed by atoms with Crippen LogP contribution in [0, 0.1) is 0 Å². The van der Waals surface area contributed by atoms with E-state index in [4.69, 9.17) is 9.47 Å². The molecule has 1 saturated heterocycles. The topological polar surface area (TPSA) is 114 Å². The lowest BCUT2D eigenvalue weighted by molar-refractivity contribution is 0.0938. The fraction of sp³-hybridized carbons (Fsp3) is 0.600. The van der Waals surface area contributed by atoms with Gasteiger partial charge in [-0.25, -0.2) is 13.2 Å². The van der Waals surface area contributed by atoms with Crippen molar-refractivity contribution >= 4 is 27.5 Å². The molecule has 2 N–H and O–H groups in total. The SMILES string of the molecule is CCOC(=O)Nc1cc(OC)c(C(=O)NCC2CCCN2CC)cc1S(=O)(=O)CC. The van der Waals surface area contributed by atoms with Crippen LogP contribution in [-0.4, -0.2) is 70.5 Å². The van der Waals surface area contributed by atoms with Gasteiger partial charge in [0, 0.05) is 18.7 Å². The predicted molar refractivity (Wildman–Crippen MR) is 114 cm³/mol. The van der Waals surface area contributed by atoms with E-state index in [1.807, 2.05) is 0 Å². The smallest absolute Gasteiger partial charge is 0.411 e. The fourth-order valence-electron chi connectivity index (χ4n) is 3.54. The van der Waals surface area contributed by atoms with E-state index in [9.17, 15) is 18.0 Å². The van der Waals surface area contributed by atoms with Gasteiger partial charge in [-0.1, -0.05) is 13.8 Å². The highest BCUT2D eigenvalue weighted by Crippen LogP contribution is 2.31. The van der Waals surface area contributed by atoms with E-state index in [1.165, 1.54) is 26.2 Å². The molecule has 0 spiro atoms. The molecule has 0 saturated carbocycles. The van der Waals surface area contributed by atoms with Gasteiger partial charge in [0.15, 0.2) is 9.84 Å². The van der Waals surface area contributed by atoms with Crippen LogP contribution in [-0.2, 0) is 14.6 Å². The van der Waals surface area contributed by atoms with Gasteiger partial charge in [-0.15, -0.1) is 0 Å². The summed E-state index contributed by atoms with van der Waals surface area (Å²) in [5.41, 5.74) is 0.108. The Morgan fingerprint density at radius 2 is 1.97 bits per heavy atom. The lowest BCUT2D eigenvalue weighted by Gasteiger charge is -2.23. The highest BCUT2D eigenvalue weighted by Gasteiger charge is 2.27. The molecule has 0 aliphatic carbocycles. The number of rotatable bonds is 9. The molecule has 1 unspecified atom stereocenters. The van der Waals surface area contributed by atoms with Crippen LogP contribution in [0.5, 0.6) is 5.75 Å². The first-order valence-corrected chi connectivity index (χ1v) is 11.8. The van der Waals surface area contributed by atoms with Gasteiger partial charge in [0.25, 0.3) is 5.91 Å². The predicted octanol–water partition coefficient (Wildman–Crippen LogP) is 2.27. The van der Waals surface area contributed by atoms with Crippen LogP contribution in [0.15, 0.2) is 17.0 Å². The highest BCUT2D eigenvalue weighted by molar-refractivity contribution is 7.91. The molecule has 1 atom stereocenters. The normalized spacial score (nSPS) is 16.9. The summed E-state index contributed by atoms with van der Waals surface area (Å²) in [6.07, 6.45) is 1.30. The molecular weight excluding hydrogens is 410 g/mol. The Morgan fingerprint density at radius 1 is 1.23 bits per heavy atom. The van der Waals surface area contributed by atoms with E-state index in [1.54, 1.807) is 6.92 Å². The maximum Gasteiger partial charge on any atom is 0.411 e. The van der Waals surface area contributed by atoms with Crippen LogP contribution in [0.3, 0.4) is 0 Å². The van der Waals surface area contributed by atoms with Gasteiger partial charge >= 0.3 is 6.09 Å². The van der Waals surface area contributed by atoms with Crippen molar-refractivity contribution in [2.45, 2.75) is 44.6 Å². The summed E-state index contributed by atoms with van der Waals surface area (Å²) in [5, 5.41) is 5.31. The molecule has 1 aromatic carbocycles. The largest absolute Gasteiger partial charge is 0.496 e. The van der Waals surface area contributed by atoms with E-state index in [-0.39, 0.29) is 40.3 Å². The molecular formula is C20H31N3O6S. The Kier molecular flexibility index (Phi) is 8.48. The van der Waals surface area contributed by atoms with Crippen LogP contribution in [0.1, 0.15) is 44.0 Å². The Bertz CT molecular complexity index is 872. The first-order chi connectivity index (χ1) is 14.3.